The summed E-state index contributed by atoms with van der Waals surface area (Å²) in [6, 6.07) is 102. The summed E-state index contributed by atoms with van der Waals surface area (Å²) < 4.78 is 4.97. The van der Waals surface area contributed by atoms with E-state index in [1.54, 1.807) is 0 Å². The van der Waals surface area contributed by atoms with Gasteiger partial charge in [0.05, 0.1) is 33.4 Å². The molecule has 76 heavy (non-hydrogen) atoms. The molecule has 4 heteroatoms. The van der Waals surface area contributed by atoms with Crippen molar-refractivity contribution in [1.82, 2.24) is 9.13 Å². The molecule has 4 nitrogen and oxygen atoms in total. The molecule has 0 N–H and O–H groups in total. The molecule has 16 rings (SSSR count). The maximum absolute atomic E-state index is 2.48. The molecule has 0 unspecified atom stereocenters. The number of anilines is 6. The van der Waals surface area contributed by atoms with Crippen molar-refractivity contribution < 1.29 is 0 Å². The molecule has 12 aromatic carbocycles. The van der Waals surface area contributed by atoms with Crippen molar-refractivity contribution >= 4 is 77.7 Å². The minimum Gasteiger partial charge on any atom is -0.310 e. The van der Waals surface area contributed by atoms with Gasteiger partial charge in [-0.25, -0.2) is 0 Å². The molecule has 0 saturated heterocycles. The van der Waals surface area contributed by atoms with Crippen LogP contribution in [0.2, 0.25) is 0 Å². The Bertz CT molecular complexity index is 4330. The van der Waals surface area contributed by atoms with Gasteiger partial charge in [-0.15, -0.1) is 0 Å². The van der Waals surface area contributed by atoms with E-state index < -0.39 is 0 Å². The van der Waals surface area contributed by atoms with E-state index >= 15 is 0 Å². The SMILES string of the molecule is c1ccc(N(c2ccc(-c3ccc(N(c4ccccc4)c4ccc5c(c4)c4cccc6c4n5-c4ccccc4-c4ccccc4-6)cc3)cc2)c2ccc3c(c2)c2cccc4c2n3-c2ccccc2-c2ccccc2-4)cc1. The van der Waals surface area contributed by atoms with Crippen LogP contribution in [-0.2, 0) is 0 Å². The van der Waals surface area contributed by atoms with Gasteiger partial charge in [0.15, 0.2) is 0 Å². The molecule has 0 saturated carbocycles. The molecule has 0 atom stereocenters. The molecule has 354 valence electrons. The molecule has 0 spiro atoms. The van der Waals surface area contributed by atoms with E-state index in [-0.39, 0.29) is 0 Å². The molecule has 0 amide bonds. The highest BCUT2D eigenvalue weighted by Gasteiger charge is 2.27. The highest BCUT2D eigenvalue weighted by molar-refractivity contribution is 6.19. The number of aromatic nitrogens is 2. The summed E-state index contributed by atoms with van der Waals surface area (Å²) in [6.07, 6.45) is 0. The van der Waals surface area contributed by atoms with Gasteiger partial charge in [0.1, 0.15) is 0 Å². The fourth-order valence-electron chi connectivity index (χ4n) is 12.7. The third-order valence-corrected chi connectivity index (χ3v) is 16.0. The predicted octanol–water partition coefficient (Wildman–Crippen LogP) is 19.8. The Hall–Kier alpha value is -10.2. The first-order valence-electron chi connectivity index (χ1n) is 26.2. The number of fused-ring (bicyclic) bond motifs is 16. The molecule has 0 aliphatic carbocycles. The van der Waals surface area contributed by atoms with E-state index in [1.807, 2.05) is 0 Å². The first-order chi connectivity index (χ1) is 37.7. The second-order valence-corrected chi connectivity index (χ2v) is 20.0. The standard InChI is InChI=1S/C72H46N4/c1-3-17-49(18-4-1)73(53-41-43-69-65(45-53)63-29-15-27-61-57-23-9-7-21-55(57)59-25-11-13-31-67(59)75(69)71(61)63)51-37-33-47(34-38-51)48-35-39-52(40-36-48)74(50-19-5-2-6-20-50)54-42-44-70-66(46-54)64-30-16-28-62-58-24-10-8-22-56(58)60-26-12-14-32-68(60)76(70)72(62)64/h1-46H. The van der Waals surface area contributed by atoms with Crippen LogP contribution in [0.1, 0.15) is 0 Å². The quantitative estimate of drug-likeness (QED) is 0.158. The van der Waals surface area contributed by atoms with E-state index in [1.165, 1.54) is 99.5 Å². The largest absolute Gasteiger partial charge is 0.310 e. The lowest BCUT2D eigenvalue weighted by Crippen LogP contribution is -2.10. The van der Waals surface area contributed by atoms with E-state index in [0.717, 1.165) is 45.3 Å². The van der Waals surface area contributed by atoms with Gasteiger partial charge in [-0.1, -0.05) is 182 Å². The van der Waals surface area contributed by atoms with Gasteiger partial charge >= 0.3 is 0 Å². The van der Waals surface area contributed by atoms with Gasteiger partial charge in [0, 0.05) is 77.9 Å². The van der Waals surface area contributed by atoms with Crippen molar-refractivity contribution in [2.75, 3.05) is 9.80 Å². The first-order valence-corrected chi connectivity index (χ1v) is 26.2. The highest BCUT2D eigenvalue weighted by Crippen LogP contribution is 2.50. The third-order valence-electron chi connectivity index (χ3n) is 16.0. The van der Waals surface area contributed by atoms with Gasteiger partial charge in [-0.2, -0.15) is 0 Å². The second-order valence-electron chi connectivity index (χ2n) is 20.0. The highest BCUT2D eigenvalue weighted by atomic mass is 15.1. The number of benzene rings is 12. The Kier molecular flexibility index (Phi) is 9.30. The van der Waals surface area contributed by atoms with Gasteiger partial charge in [0.25, 0.3) is 0 Å². The zero-order chi connectivity index (χ0) is 49.8. The molecule has 2 aliphatic heterocycles. The summed E-state index contributed by atoms with van der Waals surface area (Å²) in [4.78, 5) is 4.76. The summed E-state index contributed by atoms with van der Waals surface area (Å²) in [5, 5.41) is 4.94. The van der Waals surface area contributed by atoms with Crippen LogP contribution < -0.4 is 9.80 Å². The molecule has 4 heterocycles. The van der Waals surface area contributed by atoms with Crippen LogP contribution in [-0.4, -0.2) is 9.13 Å². The van der Waals surface area contributed by atoms with Crippen LogP contribution in [0.4, 0.5) is 34.1 Å². The fourth-order valence-corrected chi connectivity index (χ4v) is 12.7. The molecule has 0 bridgehead atoms. The van der Waals surface area contributed by atoms with Crippen LogP contribution >= 0.6 is 0 Å². The van der Waals surface area contributed by atoms with Crippen LogP contribution in [0.5, 0.6) is 0 Å². The lowest BCUT2D eigenvalue weighted by Gasteiger charge is -2.26. The van der Waals surface area contributed by atoms with Crippen molar-refractivity contribution in [1.29, 1.82) is 0 Å². The normalized spacial score (nSPS) is 11.9. The molecule has 2 aromatic heterocycles. The predicted molar refractivity (Wildman–Crippen MR) is 319 cm³/mol. The van der Waals surface area contributed by atoms with Crippen LogP contribution in [0, 0.1) is 0 Å². The van der Waals surface area contributed by atoms with E-state index in [0.29, 0.717) is 0 Å². The molecule has 0 fully saturated rings. The monoisotopic (exact) mass is 966 g/mol. The lowest BCUT2D eigenvalue weighted by molar-refractivity contribution is 1.19. The third kappa shape index (κ3) is 6.31. The number of hydrogen-bond donors (Lipinski definition) is 0. The van der Waals surface area contributed by atoms with Crippen molar-refractivity contribution in [2.24, 2.45) is 0 Å². The summed E-state index contributed by atoms with van der Waals surface area (Å²) in [7, 11) is 0. The van der Waals surface area contributed by atoms with E-state index in [4.69, 9.17) is 0 Å². The second kappa shape index (κ2) is 16.7. The number of nitrogens with zero attached hydrogens (tertiary/aromatic N) is 4. The number of rotatable bonds is 7. The zero-order valence-corrected chi connectivity index (χ0v) is 41.3. The van der Waals surface area contributed by atoms with Gasteiger partial charge in [0.2, 0.25) is 0 Å². The smallest absolute Gasteiger partial charge is 0.0619 e. The maximum atomic E-state index is 2.48. The van der Waals surface area contributed by atoms with Crippen LogP contribution in [0.3, 0.4) is 0 Å². The Morgan fingerprint density at radius 3 is 0.934 bits per heavy atom. The number of hydrogen-bond acceptors (Lipinski definition) is 2. The van der Waals surface area contributed by atoms with Crippen LogP contribution in [0.15, 0.2) is 279 Å². The van der Waals surface area contributed by atoms with Crippen LogP contribution in [0.25, 0.3) is 111 Å². The van der Waals surface area contributed by atoms with Crippen molar-refractivity contribution in [2.45, 2.75) is 0 Å². The van der Waals surface area contributed by atoms with E-state index in [2.05, 4.69) is 298 Å². The average Bonchev–Trinajstić information content (AvgIpc) is 4.13. The molecular formula is C72H46N4. The van der Waals surface area contributed by atoms with Gasteiger partial charge < -0.3 is 18.9 Å². The number of para-hydroxylation sites is 6. The summed E-state index contributed by atoms with van der Waals surface area (Å²) in [6.45, 7) is 0. The molecule has 0 radical (unpaired) electrons. The van der Waals surface area contributed by atoms with Gasteiger partial charge in [-0.3, -0.25) is 0 Å². The minimum atomic E-state index is 1.09. The lowest BCUT2D eigenvalue weighted by atomic mass is 9.94. The van der Waals surface area contributed by atoms with Crippen molar-refractivity contribution in [3.8, 4) is 67.0 Å². The maximum Gasteiger partial charge on any atom is 0.0619 e. The van der Waals surface area contributed by atoms with E-state index in [9.17, 15) is 0 Å². The van der Waals surface area contributed by atoms with Crippen molar-refractivity contribution in [3.63, 3.8) is 0 Å². The summed E-state index contributed by atoms with van der Waals surface area (Å²) >= 11 is 0. The Morgan fingerprint density at radius 2 is 0.526 bits per heavy atom. The molecule has 14 aromatic rings. The fraction of sp³-hybridized carbons (Fsp3) is 0. The zero-order valence-electron chi connectivity index (χ0n) is 41.3. The Balaban J connectivity index is 0.772. The Morgan fingerprint density at radius 1 is 0.211 bits per heavy atom. The summed E-state index contributed by atoms with van der Waals surface area (Å²) in [5.74, 6) is 0. The van der Waals surface area contributed by atoms with Crippen molar-refractivity contribution in [3.05, 3.63) is 279 Å². The topological polar surface area (TPSA) is 16.3 Å². The average molecular weight is 967 g/mol. The van der Waals surface area contributed by atoms with Gasteiger partial charge in [-0.05, 0) is 130 Å². The molecule has 2 aliphatic rings. The molecular weight excluding hydrogens is 921 g/mol. The first kappa shape index (κ1) is 42.4. The Labute approximate surface area is 440 Å². The summed E-state index contributed by atoms with van der Waals surface area (Å²) in [5.41, 5.74) is 26.2. The minimum absolute atomic E-state index is 1.09.